The van der Waals surface area contributed by atoms with Crippen LogP contribution in [0.25, 0.3) is 0 Å². The minimum absolute atomic E-state index is 0.00405. The molecule has 94 valence electrons. The van der Waals surface area contributed by atoms with Gasteiger partial charge in [-0.25, -0.2) is 0 Å². The number of nitrogens with one attached hydrogen (secondary N) is 2. The lowest BCUT2D eigenvalue weighted by molar-refractivity contribution is -0.115. The van der Waals surface area contributed by atoms with Gasteiger partial charge in [0.2, 0.25) is 5.91 Å². The molecule has 0 bridgehead atoms. The van der Waals surface area contributed by atoms with Gasteiger partial charge in [0, 0.05) is 10.2 Å². The van der Waals surface area contributed by atoms with Crippen LogP contribution in [-0.2, 0) is 4.79 Å². The molecule has 1 rings (SSSR count). The maximum atomic E-state index is 11.6. The summed E-state index contributed by atoms with van der Waals surface area (Å²) in [4.78, 5) is 11.6. The highest BCUT2D eigenvalue weighted by molar-refractivity contribution is 9.10. The number of carbonyl (C=O) groups excluding carboxylic acids is 1. The molecular weight excluding hydrogens is 280 g/mol. The van der Waals surface area contributed by atoms with E-state index in [0.29, 0.717) is 12.5 Å². The molecule has 0 aromatic heterocycles. The van der Waals surface area contributed by atoms with Crippen LogP contribution >= 0.6 is 15.9 Å². The molecule has 4 heteroatoms. The summed E-state index contributed by atoms with van der Waals surface area (Å²) in [6.07, 6.45) is 1.13. The van der Waals surface area contributed by atoms with Gasteiger partial charge in [-0.3, -0.25) is 4.79 Å². The first-order valence-corrected chi connectivity index (χ1v) is 6.67. The van der Waals surface area contributed by atoms with Crippen molar-refractivity contribution in [3.05, 3.63) is 28.7 Å². The first-order chi connectivity index (χ1) is 8.11. The smallest absolute Gasteiger partial charge is 0.238 e. The molecule has 0 saturated carbocycles. The van der Waals surface area contributed by atoms with Gasteiger partial charge in [0.05, 0.1) is 6.54 Å². The predicted octanol–water partition coefficient (Wildman–Crippen LogP) is 3.02. The lowest BCUT2D eigenvalue weighted by atomic mass is 10.1. The van der Waals surface area contributed by atoms with Crippen LogP contribution in [0.2, 0.25) is 0 Å². The summed E-state index contributed by atoms with van der Waals surface area (Å²) in [6.45, 7) is 5.55. The summed E-state index contributed by atoms with van der Waals surface area (Å²) in [5, 5.41) is 5.98. The largest absolute Gasteiger partial charge is 0.325 e. The van der Waals surface area contributed by atoms with Gasteiger partial charge in [-0.15, -0.1) is 0 Å². The highest BCUT2D eigenvalue weighted by Gasteiger charge is 2.03. The molecule has 0 spiro atoms. The fraction of sp³-hybridized carbons (Fsp3) is 0.462. The molecule has 0 fully saturated rings. The van der Waals surface area contributed by atoms with Gasteiger partial charge >= 0.3 is 0 Å². The highest BCUT2D eigenvalue weighted by Crippen LogP contribution is 2.13. The second-order valence-corrected chi connectivity index (χ2v) is 5.12. The van der Waals surface area contributed by atoms with Crippen molar-refractivity contribution in [2.45, 2.75) is 20.3 Å². The molecule has 2 N–H and O–H groups in total. The zero-order valence-corrected chi connectivity index (χ0v) is 11.9. The van der Waals surface area contributed by atoms with E-state index in [0.717, 1.165) is 23.1 Å². The lowest BCUT2D eigenvalue weighted by Gasteiger charge is -2.10. The van der Waals surface area contributed by atoms with Crippen LogP contribution in [-0.4, -0.2) is 19.0 Å². The number of anilines is 1. The lowest BCUT2D eigenvalue weighted by Crippen LogP contribution is -2.31. The van der Waals surface area contributed by atoms with E-state index in [2.05, 4.69) is 40.4 Å². The third-order valence-electron chi connectivity index (χ3n) is 2.60. The molecule has 3 nitrogen and oxygen atoms in total. The van der Waals surface area contributed by atoms with Gasteiger partial charge in [-0.05, 0) is 36.7 Å². The fourth-order valence-electron chi connectivity index (χ4n) is 1.31. The zero-order valence-electron chi connectivity index (χ0n) is 10.3. The Labute approximate surface area is 111 Å². The van der Waals surface area contributed by atoms with Crippen molar-refractivity contribution in [1.29, 1.82) is 0 Å². The van der Waals surface area contributed by atoms with Gasteiger partial charge in [-0.1, -0.05) is 36.2 Å². The Hall–Kier alpha value is -0.870. The third kappa shape index (κ3) is 5.84. The minimum atomic E-state index is -0.00405. The van der Waals surface area contributed by atoms with E-state index in [1.807, 2.05) is 24.3 Å². The molecular formula is C13H19BrN2O. The molecule has 0 radical (unpaired) electrons. The van der Waals surface area contributed by atoms with Gasteiger partial charge in [0.1, 0.15) is 0 Å². The standard InChI is InChI=1S/C13H19BrN2O/c1-3-10(2)8-15-9-13(17)16-12-6-4-11(14)5-7-12/h4-7,10,15H,3,8-9H2,1-2H3,(H,16,17). The Morgan fingerprint density at radius 3 is 2.59 bits per heavy atom. The van der Waals surface area contributed by atoms with E-state index in [1.54, 1.807) is 0 Å². The Kier molecular flexibility index (Phi) is 6.22. The molecule has 0 heterocycles. The topological polar surface area (TPSA) is 41.1 Å². The van der Waals surface area contributed by atoms with E-state index in [9.17, 15) is 4.79 Å². The number of hydrogen-bond acceptors (Lipinski definition) is 2. The second-order valence-electron chi connectivity index (χ2n) is 4.20. The Morgan fingerprint density at radius 1 is 1.35 bits per heavy atom. The Balaban J connectivity index is 2.27. The van der Waals surface area contributed by atoms with Crippen molar-refractivity contribution < 1.29 is 4.79 Å². The van der Waals surface area contributed by atoms with Crippen LogP contribution < -0.4 is 10.6 Å². The first-order valence-electron chi connectivity index (χ1n) is 5.88. The number of amides is 1. The monoisotopic (exact) mass is 298 g/mol. The number of halogens is 1. The summed E-state index contributed by atoms with van der Waals surface area (Å²) in [5.41, 5.74) is 0.823. The number of benzene rings is 1. The summed E-state index contributed by atoms with van der Waals surface area (Å²) in [5.74, 6) is 0.603. The number of rotatable bonds is 6. The van der Waals surface area contributed by atoms with Crippen LogP contribution in [0.15, 0.2) is 28.7 Å². The quantitative estimate of drug-likeness (QED) is 0.848. The van der Waals surface area contributed by atoms with Gasteiger partial charge in [0.15, 0.2) is 0 Å². The minimum Gasteiger partial charge on any atom is -0.325 e. The maximum Gasteiger partial charge on any atom is 0.238 e. The summed E-state index contributed by atoms with van der Waals surface area (Å²) >= 11 is 3.35. The zero-order chi connectivity index (χ0) is 12.7. The Morgan fingerprint density at radius 2 is 2.00 bits per heavy atom. The third-order valence-corrected chi connectivity index (χ3v) is 3.13. The van der Waals surface area contributed by atoms with E-state index < -0.39 is 0 Å². The SMILES string of the molecule is CCC(C)CNCC(=O)Nc1ccc(Br)cc1. The highest BCUT2D eigenvalue weighted by atomic mass is 79.9. The van der Waals surface area contributed by atoms with E-state index >= 15 is 0 Å². The van der Waals surface area contributed by atoms with Crippen molar-refractivity contribution in [3.8, 4) is 0 Å². The molecule has 1 aromatic rings. The van der Waals surface area contributed by atoms with Crippen LogP contribution in [0.5, 0.6) is 0 Å². The molecule has 0 saturated heterocycles. The van der Waals surface area contributed by atoms with Crippen LogP contribution in [0.1, 0.15) is 20.3 Å². The van der Waals surface area contributed by atoms with E-state index in [4.69, 9.17) is 0 Å². The average molecular weight is 299 g/mol. The molecule has 17 heavy (non-hydrogen) atoms. The summed E-state index contributed by atoms with van der Waals surface area (Å²) < 4.78 is 1.00. The molecule has 0 aliphatic heterocycles. The van der Waals surface area contributed by atoms with Crippen molar-refractivity contribution in [2.75, 3.05) is 18.4 Å². The molecule has 0 aliphatic rings. The van der Waals surface area contributed by atoms with E-state index in [-0.39, 0.29) is 5.91 Å². The number of hydrogen-bond donors (Lipinski definition) is 2. The summed E-state index contributed by atoms with van der Waals surface area (Å²) in [7, 11) is 0. The van der Waals surface area contributed by atoms with Gasteiger partial charge in [-0.2, -0.15) is 0 Å². The molecule has 1 unspecified atom stereocenters. The van der Waals surface area contributed by atoms with Gasteiger partial charge < -0.3 is 10.6 Å². The van der Waals surface area contributed by atoms with Crippen molar-refractivity contribution in [1.82, 2.24) is 5.32 Å². The molecule has 1 amide bonds. The normalized spacial score (nSPS) is 12.2. The predicted molar refractivity (Wildman–Crippen MR) is 75.1 cm³/mol. The average Bonchev–Trinajstić information content (AvgIpc) is 2.32. The molecule has 1 aromatic carbocycles. The number of carbonyl (C=O) groups is 1. The van der Waals surface area contributed by atoms with Crippen molar-refractivity contribution >= 4 is 27.5 Å². The van der Waals surface area contributed by atoms with Crippen molar-refractivity contribution in [3.63, 3.8) is 0 Å². The van der Waals surface area contributed by atoms with Crippen molar-refractivity contribution in [2.24, 2.45) is 5.92 Å². The summed E-state index contributed by atoms with van der Waals surface area (Å²) in [6, 6.07) is 7.55. The van der Waals surface area contributed by atoms with Gasteiger partial charge in [0.25, 0.3) is 0 Å². The van der Waals surface area contributed by atoms with Crippen LogP contribution in [0.3, 0.4) is 0 Å². The second kappa shape index (κ2) is 7.45. The van der Waals surface area contributed by atoms with Crippen LogP contribution in [0, 0.1) is 5.92 Å². The maximum absolute atomic E-state index is 11.6. The molecule has 1 atom stereocenters. The molecule has 0 aliphatic carbocycles. The van der Waals surface area contributed by atoms with Crippen LogP contribution in [0.4, 0.5) is 5.69 Å². The van der Waals surface area contributed by atoms with E-state index in [1.165, 1.54) is 0 Å². The fourth-order valence-corrected chi connectivity index (χ4v) is 1.58. The Bertz CT molecular complexity index is 351. The first kappa shape index (κ1) is 14.2.